The van der Waals surface area contributed by atoms with Crippen LogP contribution in [0, 0.1) is 0 Å². The van der Waals surface area contributed by atoms with Crippen molar-refractivity contribution in [3.05, 3.63) is 204 Å². The van der Waals surface area contributed by atoms with Crippen molar-refractivity contribution in [2.75, 3.05) is 16.5 Å². The molecular formula is C63H64N4O. The highest BCUT2D eigenvalue weighted by atomic mass is 16.5. The Morgan fingerprint density at radius 3 is 1.79 bits per heavy atom. The number of nitrogens with zero attached hydrogens (tertiary/aromatic N) is 4. The first-order valence-electron chi connectivity index (χ1n) is 24.1. The van der Waals surface area contributed by atoms with Gasteiger partial charge in [0.1, 0.15) is 24.0 Å². The van der Waals surface area contributed by atoms with Gasteiger partial charge in [-0.15, -0.1) is 0 Å². The van der Waals surface area contributed by atoms with E-state index in [9.17, 15) is 0 Å². The molecule has 0 fully saturated rings. The van der Waals surface area contributed by atoms with Crippen LogP contribution in [0.2, 0.25) is 0 Å². The highest BCUT2D eigenvalue weighted by Gasteiger charge is 2.33. The summed E-state index contributed by atoms with van der Waals surface area (Å²) in [5, 5.41) is 2.32. The molecule has 342 valence electrons. The third kappa shape index (κ3) is 8.33. The zero-order chi connectivity index (χ0) is 47.8. The van der Waals surface area contributed by atoms with Crippen LogP contribution < -0.4 is 14.5 Å². The van der Waals surface area contributed by atoms with E-state index in [-0.39, 0.29) is 21.7 Å². The van der Waals surface area contributed by atoms with Crippen molar-refractivity contribution in [1.82, 2.24) is 9.55 Å². The van der Waals surface area contributed by atoms with Crippen molar-refractivity contribution in [3.63, 3.8) is 0 Å². The van der Waals surface area contributed by atoms with Gasteiger partial charge in [-0.3, -0.25) is 4.57 Å². The molecule has 0 bridgehead atoms. The van der Waals surface area contributed by atoms with Crippen LogP contribution in [0.25, 0.3) is 38.8 Å². The summed E-state index contributed by atoms with van der Waals surface area (Å²) in [5.41, 5.74) is 15.1. The van der Waals surface area contributed by atoms with Crippen molar-refractivity contribution in [1.29, 1.82) is 0 Å². The average molecular weight is 893 g/mol. The summed E-state index contributed by atoms with van der Waals surface area (Å²) in [7, 11) is 0. The number of hydrogen-bond donors (Lipinski definition) is 0. The van der Waals surface area contributed by atoms with Crippen molar-refractivity contribution < 1.29 is 4.74 Å². The molecule has 0 saturated heterocycles. The van der Waals surface area contributed by atoms with Gasteiger partial charge in [-0.1, -0.05) is 161 Å². The molecule has 5 nitrogen and oxygen atoms in total. The van der Waals surface area contributed by atoms with Crippen LogP contribution >= 0.6 is 0 Å². The molecule has 0 amide bonds. The SMILES string of the molecule is CC(C)(C)c1cccc(N2CN(c3cc(Oc4ccc5c6cc(-c7ccccc7)ccc6n(-c6cc(C(C)(C)C)ccn6)c5c4)cc(C(C)(C)C)c3)c3cc(C(C)(C)c4ccccc4)ccc32)c1. The minimum Gasteiger partial charge on any atom is -0.457 e. The molecule has 9 aromatic rings. The van der Waals surface area contributed by atoms with E-state index in [0.29, 0.717) is 6.67 Å². The lowest BCUT2D eigenvalue weighted by Crippen LogP contribution is -2.25. The van der Waals surface area contributed by atoms with Crippen molar-refractivity contribution in [2.45, 2.75) is 97.8 Å². The average Bonchev–Trinajstić information content (AvgIpc) is 3.86. The number of fused-ring (bicyclic) bond motifs is 4. The minimum atomic E-state index is -0.211. The summed E-state index contributed by atoms with van der Waals surface area (Å²) < 4.78 is 9.40. The van der Waals surface area contributed by atoms with Crippen molar-refractivity contribution >= 4 is 44.6 Å². The van der Waals surface area contributed by atoms with Gasteiger partial charge in [0.15, 0.2) is 0 Å². The number of rotatable bonds is 8. The lowest BCUT2D eigenvalue weighted by atomic mass is 9.78. The van der Waals surface area contributed by atoms with Crippen LogP contribution in [-0.2, 0) is 21.7 Å². The second-order valence-electron chi connectivity index (χ2n) is 22.3. The fourth-order valence-corrected chi connectivity index (χ4v) is 9.75. The minimum absolute atomic E-state index is 0.0184. The Morgan fingerprint density at radius 2 is 1.07 bits per heavy atom. The lowest BCUT2D eigenvalue weighted by molar-refractivity contribution is 0.479. The molecular weight excluding hydrogens is 829 g/mol. The second-order valence-corrected chi connectivity index (χ2v) is 22.3. The van der Waals surface area contributed by atoms with E-state index in [4.69, 9.17) is 9.72 Å². The standard InChI is InChI=1S/C63H64N4O/c1-60(2,3)45-23-18-24-49(34-45)65-41-66(58-37-47(26-30-56(58)65)63(10,11)44-21-16-13-17-22-44)50-35-48(62(7,8)9)36-52(39-50)68-51-27-28-53-54-33-43(42-19-14-12-15-20-42)25-29-55(54)67(57(53)40-51)59-38-46(31-32-64-59)61(4,5)6/h12-40H,41H2,1-11H3. The maximum absolute atomic E-state index is 7.09. The van der Waals surface area contributed by atoms with E-state index < -0.39 is 0 Å². The molecule has 0 N–H and O–H groups in total. The summed E-state index contributed by atoms with van der Waals surface area (Å²) >= 11 is 0. The van der Waals surface area contributed by atoms with Gasteiger partial charge in [0, 0.05) is 45.9 Å². The molecule has 10 rings (SSSR count). The number of hydrogen-bond acceptors (Lipinski definition) is 4. The first kappa shape index (κ1) is 44.7. The van der Waals surface area contributed by atoms with Crippen LogP contribution in [0.1, 0.15) is 104 Å². The monoisotopic (exact) mass is 893 g/mol. The van der Waals surface area contributed by atoms with Gasteiger partial charge in [0.05, 0.1) is 22.4 Å². The van der Waals surface area contributed by atoms with Crippen molar-refractivity contribution in [2.24, 2.45) is 0 Å². The van der Waals surface area contributed by atoms with Gasteiger partial charge in [0.2, 0.25) is 0 Å². The Bertz CT molecular complexity index is 3320. The maximum Gasteiger partial charge on any atom is 0.137 e. The topological polar surface area (TPSA) is 33.5 Å². The van der Waals surface area contributed by atoms with Gasteiger partial charge in [0.25, 0.3) is 0 Å². The van der Waals surface area contributed by atoms with E-state index in [0.717, 1.165) is 39.4 Å². The largest absolute Gasteiger partial charge is 0.457 e. The number of anilines is 4. The van der Waals surface area contributed by atoms with E-state index in [1.807, 2.05) is 6.20 Å². The van der Waals surface area contributed by atoms with Crippen LogP contribution in [0.3, 0.4) is 0 Å². The summed E-state index contributed by atoms with van der Waals surface area (Å²) in [6.45, 7) is 25.8. The van der Waals surface area contributed by atoms with Gasteiger partial charge in [-0.2, -0.15) is 0 Å². The Labute approximate surface area is 403 Å². The van der Waals surface area contributed by atoms with Gasteiger partial charge >= 0.3 is 0 Å². The van der Waals surface area contributed by atoms with E-state index in [2.05, 4.69) is 260 Å². The molecule has 1 aliphatic heterocycles. The highest BCUT2D eigenvalue weighted by molar-refractivity contribution is 6.10. The molecule has 7 aromatic carbocycles. The number of pyridine rings is 1. The molecule has 1 aliphatic rings. The summed E-state index contributed by atoms with van der Waals surface area (Å²) in [4.78, 5) is 9.94. The maximum atomic E-state index is 7.09. The van der Waals surface area contributed by atoms with Crippen LogP contribution in [0.4, 0.5) is 22.7 Å². The predicted octanol–water partition coefficient (Wildman–Crippen LogP) is 17.1. The molecule has 68 heavy (non-hydrogen) atoms. The van der Waals surface area contributed by atoms with E-state index in [1.165, 1.54) is 61.4 Å². The van der Waals surface area contributed by atoms with Gasteiger partial charge < -0.3 is 14.5 Å². The lowest BCUT2D eigenvalue weighted by Gasteiger charge is -2.28. The zero-order valence-corrected chi connectivity index (χ0v) is 41.6. The van der Waals surface area contributed by atoms with Crippen LogP contribution in [0.15, 0.2) is 176 Å². The highest BCUT2D eigenvalue weighted by Crippen LogP contribution is 2.49. The van der Waals surface area contributed by atoms with E-state index in [1.54, 1.807) is 0 Å². The smallest absolute Gasteiger partial charge is 0.137 e. The summed E-state index contributed by atoms with van der Waals surface area (Å²) in [6.07, 6.45) is 1.94. The number of benzene rings is 7. The predicted molar refractivity (Wildman–Crippen MR) is 287 cm³/mol. The first-order chi connectivity index (χ1) is 32.3. The summed E-state index contributed by atoms with van der Waals surface area (Å²) in [5.74, 6) is 2.45. The van der Waals surface area contributed by atoms with Crippen molar-refractivity contribution in [3.8, 4) is 28.4 Å². The second kappa shape index (κ2) is 16.6. The molecule has 5 heteroatoms. The normalized spacial score (nSPS) is 13.4. The molecule has 0 spiro atoms. The molecule has 0 saturated carbocycles. The summed E-state index contributed by atoms with van der Waals surface area (Å²) in [6, 6.07) is 62.1. The Morgan fingerprint density at radius 1 is 0.412 bits per heavy atom. The van der Waals surface area contributed by atoms with Crippen LogP contribution in [-0.4, -0.2) is 16.2 Å². The third-order valence-electron chi connectivity index (χ3n) is 14.1. The molecule has 0 radical (unpaired) electrons. The van der Waals surface area contributed by atoms with E-state index >= 15 is 0 Å². The Balaban J connectivity index is 1.11. The molecule has 0 aliphatic carbocycles. The number of aromatic nitrogens is 2. The first-order valence-corrected chi connectivity index (χ1v) is 24.1. The van der Waals surface area contributed by atoms with Gasteiger partial charge in [-0.25, -0.2) is 4.98 Å². The number of ether oxygens (including phenoxy) is 1. The Hall–Kier alpha value is -7.11. The molecule has 0 atom stereocenters. The third-order valence-corrected chi connectivity index (χ3v) is 14.1. The molecule has 2 aromatic heterocycles. The fraction of sp³-hybridized carbons (Fsp3) is 0.254. The van der Waals surface area contributed by atoms with Crippen LogP contribution in [0.5, 0.6) is 11.5 Å². The zero-order valence-electron chi connectivity index (χ0n) is 41.6. The quantitative estimate of drug-likeness (QED) is 0.152. The van der Waals surface area contributed by atoms with Gasteiger partial charge in [-0.05, 0) is 128 Å². The fourth-order valence-electron chi connectivity index (χ4n) is 9.75. The Kier molecular flexibility index (Phi) is 10.9. The molecule has 0 unspecified atom stereocenters. The molecule has 3 heterocycles.